The molecule has 4 fully saturated rings. The number of hydrogen-bond donors (Lipinski definition) is 0. The van der Waals surface area contributed by atoms with Gasteiger partial charge in [-0.2, -0.15) is 0 Å². The molecule has 1 heterocycles. The number of ether oxygens (including phenoxy) is 3. The van der Waals surface area contributed by atoms with Gasteiger partial charge in [0, 0.05) is 12.3 Å². The molecule has 2 bridgehead atoms. The molecule has 4 heteroatoms. The largest absolute Gasteiger partial charge is 0.458 e. The maximum Gasteiger partial charge on any atom is 0.303 e. The molecule has 0 N–H and O–H groups in total. The Balaban J connectivity index is 1.38. The van der Waals surface area contributed by atoms with Gasteiger partial charge in [0.05, 0.1) is 12.7 Å². The van der Waals surface area contributed by atoms with Crippen molar-refractivity contribution in [1.82, 2.24) is 0 Å². The van der Waals surface area contributed by atoms with Crippen molar-refractivity contribution in [3.63, 3.8) is 0 Å². The van der Waals surface area contributed by atoms with Gasteiger partial charge in [-0.05, 0) is 97.5 Å². The molecule has 4 aliphatic carbocycles. The third kappa shape index (κ3) is 4.19. The lowest BCUT2D eigenvalue weighted by atomic mass is 9.45. The van der Waals surface area contributed by atoms with Crippen LogP contribution in [-0.4, -0.2) is 31.6 Å². The minimum absolute atomic E-state index is 0.0863. The molecule has 3 saturated carbocycles. The van der Waals surface area contributed by atoms with E-state index in [4.69, 9.17) is 14.2 Å². The summed E-state index contributed by atoms with van der Waals surface area (Å²) in [5.41, 5.74) is 1.97. The van der Waals surface area contributed by atoms with Crippen LogP contribution in [0.25, 0.3) is 0 Å². The fourth-order valence-corrected chi connectivity index (χ4v) is 9.60. The van der Waals surface area contributed by atoms with Crippen LogP contribution < -0.4 is 0 Å². The molecule has 0 radical (unpaired) electrons. The predicted molar refractivity (Wildman–Crippen MR) is 134 cm³/mol. The van der Waals surface area contributed by atoms with E-state index < -0.39 is 0 Å². The molecule has 0 aromatic carbocycles. The van der Waals surface area contributed by atoms with Crippen LogP contribution in [0.3, 0.4) is 0 Å². The van der Waals surface area contributed by atoms with Crippen LogP contribution in [0, 0.1) is 46.3 Å². The first kappa shape index (κ1) is 24.8. The minimum atomic E-state index is -0.181. The highest BCUT2D eigenvalue weighted by Gasteiger charge is 2.63. The minimum Gasteiger partial charge on any atom is -0.458 e. The third-order valence-corrected chi connectivity index (χ3v) is 11.0. The van der Waals surface area contributed by atoms with Crippen molar-refractivity contribution in [2.45, 2.75) is 111 Å². The lowest BCUT2D eigenvalue weighted by molar-refractivity contribution is -0.146. The van der Waals surface area contributed by atoms with Crippen LogP contribution in [0.2, 0.25) is 0 Å². The van der Waals surface area contributed by atoms with Crippen molar-refractivity contribution in [3.05, 3.63) is 11.6 Å². The zero-order valence-electron chi connectivity index (χ0n) is 22.3. The molecule has 0 aromatic rings. The van der Waals surface area contributed by atoms with Gasteiger partial charge in [0.25, 0.3) is 0 Å². The molecule has 1 saturated heterocycles. The second kappa shape index (κ2) is 9.54. The summed E-state index contributed by atoms with van der Waals surface area (Å²) in [6.45, 7) is 12.6. The summed E-state index contributed by atoms with van der Waals surface area (Å²) in [7, 11) is 0. The first-order valence-electron chi connectivity index (χ1n) is 14.3. The normalized spacial score (nSPS) is 44.4. The Labute approximate surface area is 207 Å². The van der Waals surface area contributed by atoms with E-state index in [1.165, 1.54) is 57.4 Å². The second-order valence-corrected chi connectivity index (χ2v) is 13.2. The zero-order chi connectivity index (χ0) is 24.1. The molecule has 5 aliphatic rings. The van der Waals surface area contributed by atoms with E-state index in [1.807, 2.05) is 0 Å². The van der Waals surface area contributed by atoms with Gasteiger partial charge in [0.1, 0.15) is 12.9 Å². The monoisotopic (exact) mass is 472 g/mol. The van der Waals surface area contributed by atoms with Crippen LogP contribution in [-0.2, 0) is 19.0 Å². The predicted octanol–water partition coefficient (Wildman–Crippen LogP) is 6.92. The molecular formula is C30H48O4. The van der Waals surface area contributed by atoms with Gasteiger partial charge in [-0.25, -0.2) is 0 Å². The summed E-state index contributed by atoms with van der Waals surface area (Å²) in [6.07, 6.45) is 15.1. The maximum atomic E-state index is 11.7. The Morgan fingerprint density at radius 3 is 2.71 bits per heavy atom. The first-order valence-corrected chi connectivity index (χ1v) is 14.3. The molecule has 4 nitrogen and oxygen atoms in total. The Morgan fingerprint density at radius 1 is 1.12 bits per heavy atom. The molecule has 5 rings (SSSR count). The summed E-state index contributed by atoms with van der Waals surface area (Å²) < 4.78 is 18.1. The molecule has 1 aliphatic heterocycles. The number of carbonyl (C=O) groups excluding carboxylic acids is 1. The van der Waals surface area contributed by atoms with Crippen LogP contribution in [0.4, 0.5) is 0 Å². The SMILES string of the molecule is CC(=O)O[C@@H]1C=C2[C@H]3CC4C(CC[C@@]5(C)C4CC[C@@H]5[C@H](C)CCCC(C)C)[C@]2(CC1)COCO3. The van der Waals surface area contributed by atoms with Crippen LogP contribution >= 0.6 is 0 Å². The number of rotatable bonds is 6. The highest BCUT2D eigenvalue weighted by Crippen LogP contribution is 2.68. The van der Waals surface area contributed by atoms with Gasteiger partial charge in [0.2, 0.25) is 0 Å². The molecule has 0 aromatic heterocycles. The number of carbonyl (C=O) groups is 1. The van der Waals surface area contributed by atoms with E-state index in [0.29, 0.717) is 18.1 Å². The van der Waals surface area contributed by atoms with Crippen molar-refractivity contribution in [3.8, 4) is 0 Å². The second-order valence-electron chi connectivity index (χ2n) is 13.2. The highest BCUT2D eigenvalue weighted by molar-refractivity contribution is 5.66. The number of esters is 1. The topological polar surface area (TPSA) is 44.8 Å². The van der Waals surface area contributed by atoms with E-state index in [9.17, 15) is 4.79 Å². The molecule has 0 spiro atoms. The number of fused-ring (bicyclic) bond motifs is 3. The van der Waals surface area contributed by atoms with E-state index in [-0.39, 0.29) is 23.6 Å². The highest BCUT2D eigenvalue weighted by atomic mass is 16.7. The molecule has 34 heavy (non-hydrogen) atoms. The van der Waals surface area contributed by atoms with E-state index >= 15 is 0 Å². The van der Waals surface area contributed by atoms with Crippen LogP contribution in [0.1, 0.15) is 98.8 Å². The summed E-state index contributed by atoms with van der Waals surface area (Å²) in [5, 5.41) is 0. The quantitative estimate of drug-likeness (QED) is 0.311. The summed E-state index contributed by atoms with van der Waals surface area (Å²) in [6, 6.07) is 0. The summed E-state index contributed by atoms with van der Waals surface area (Å²) in [4.78, 5) is 11.7. The first-order chi connectivity index (χ1) is 16.2. The van der Waals surface area contributed by atoms with E-state index in [0.717, 1.165) is 55.5 Å². The van der Waals surface area contributed by atoms with E-state index in [2.05, 4.69) is 33.8 Å². The van der Waals surface area contributed by atoms with Crippen molar-refractivity contribution in [2.75, 3.05) is 13.4 Å². The fraction of sp³-hybridized carbons (Fsp3) is 0.900. The van der Waals surface area contributed by atoms with E-state index in [1.54, 1.807) is 0 Å². The Kier molecular flexibility index (Phi) is 6.96. The molecular weight excluding hydrogens is 424 g/mol. The third-order valence-electron chi connectivity index (χ3n) is 11.0. The van der Waals surface area contributed by atoms with Gasteiger partial charge < -0.3 is 14.2 Å². The van der Waals surface area contributed by atoms with Gasteiger partial charge in [-0.15, -0.1) is 0 Å². The smallest absolute Gasteiger partial charge is 0.303 e. The lowest BCUT2D eigenvalue weighted by Gasteiger charge is -2.60. The van der Waals surface area contributed by atoms with Crippen LogP contribution in [0.5, 0.6) is 0 Å². The molecule has 192 valence electrons. The van der Waals surface area contributed by atoms with Crippen molar-refractivity contribution in [2.24, 2.45) is 46.3 Å². The van der Waals surface area contributed by atoms with Crippen LogP contribution in [0.15, 0.2) is 11.6 Å². The molecule has 3 unspecified atom stereocenters. The lowest BCUT2D eigenvalue weighted by Crippen LogP contribution is -2.56. The number of hydrogen-bond acceptors (Lipinski definition) is 4. The Morgan fingerprint density at radius 2 is 1.94 bits per heavy atom. The van der Waals surface area contributed by atoms with Gasteiger partial charge in [0.15, 0.2) is 0 Å². The average Bonchev–Trinajstić information content (AvgIpc) is 3.07. The Hall–Kier alpha value is -0.870. The fourth-order valence-electron chi connectivity index (χ4n) is 9.60. The van der Waals surface area contributed by atoms with Crippen molar-refractivity contribution >= 4 is 5.97 Å². The summed E-state index contributed by atoms with van der Waals surface area (Å²) in [5.74, 6) is 4.59. The van der Waals surface area contributed by atoms with Crippen molar-refractivity contribution in [1.29, 1.82) is 0 Å². The molecule has 9 atom stereocenters. The van der Waals surface area contributed by atoms with Gasteiger partial charge in [-0.1, -0.05) is 47.0 Å². The Bertz CT molecular complexity index is 789. The average molecular weight is 473 g/mol. The maximum absolute atomic E-state index is 11.7. The standard InChI is InChI=1S/C30H48O4/c1-19(2)7-6-8-20(3)24-9-10-25-23-16-28-27-15-22(34-21(4)31)11-14-30(27,17-32-18-33-28)26(23)12-13-29(24,25)5/h15,19-20,22-26,28H,6-14,16-18H2,1-5H3/t20-,22+,23?,24-,25?,26?,28-,29-,30+/m1/s1. The zero-order valence-corrected chi connectivity index (χ0v) is 22.3. The van der Waals surface area contributed by atoms with Gasteiger partial charge in [-0.3, -0.25) is 4.79 Å². The van der Waals surface area contributed by atoms with Crippen molar-refractivity contribution < 1.29 is 19.0 Å². The van der Waals surface area contributed by atoms with Gasteiger partial charge >= 0.3 is 5.97 Å². The molecule has 0 amide bonds. The summed E-state index contributed by atoms with van der Waals surface area (Å²) >= 11 is 0.